The number of carboxylic acid groups (broad SMARTS) is 1. The molecular weight excluding hydrogens is 376 g/mol. The summed E-state index contributed by atoms with van der Waals surface area (Å²) in [6.07, 6.45) is 1.74. The second-order valence-electron chi connectivity index (χ2n) is 8.51. The van der Waals surface area contributed by atoms with Crippen molar-refractivity contribution in [2.45, 2.75) is 62.9 Å². The number of hydrogen-bond acceptors (Lipinski definition) is 4. The third-order valence-corrected chi connectivity index (χ3v) is 7.00. The van der Waals surface area contributed by atoms with Crippen LogP contribution in [0, 0.1) is 5.92 Å². The Kier molecular flexibility index (Phi) is 6.03. The predicted molar refractivity (Wildman–Crippen MR) is 110 cm³/mol. The number of urea groups is 1. The van der Waals surface area contributed by atoms with Gasteiger partial charge in [-0.2, -0.15) is 11.8 Å². The molecule has 4 atom stereocenters. The molecule has 28 heavy (non-hydrogen) atoms. The molecular formula is C21H28N2O4S. The summed E-state index contributed by atoms with van der Waals surface area (Å²) >= 11 is 1.83. The summed E-state index contributed by atoms with van der Waals surface area (Å²) in [6.45, 7) is 6.12. The third kappa shape index (κ3) is 4.19. The molecule has 0 aromatic heterocycles. The summed E-state index contributed by atoms with van der Waals surface area (Å²) in [6, 6.07) is 8.84. The van der Waals surface area contributed by atoms with Gasteiger partial charge in [0.05, 0.1) is 12.1 Å². The molecule has 2 fully saturated rings. The summed E-state index contributed by atoms with van der Waals surface area (Å²) in [5.74, 6) is -1.54. The maximum absolute atomic E-state index is 12.5. The fourth-order valence-corrected chi connectivity index (χ4v) is 5.81. The highest BCUT2D eigenvalue weighted by atomic mass is 32.2. The number of ketones is 1. The van der Waals surface area contributed by atoms with Gasteiger partial charge in [0.25, 0.3) is 0 Å². The van der Waals surface area contributed by atoms with Crippen LogP contribution in [-0.2, 0) is 4.79 Å². The largest absolute Gasteiger partial charge is 0.481 e. The minimum atomic E-state index is -1.07. The number of carboxylic acids is 1. The van der Waals surface area contributed by atoms with Gasteiger partial charge >= 0.3 is 12.0 Å². The Balaban J connectivity index is 1.58. The molecule has 2 aliphatic rings. The van der Waals surface area contributed by atoms with Crippen molar-refractivity contribution in [2.24, 2.45) is 5.92 Å². The SMILES string of the molecule is CC(C)(C)N1C(=O)N[C@@H]2[C@H](CCCC(C(=O)O)C(=O)c3ccccc3)SC[C@@H]21. The molecule has 0 bridgehead atoms. The second kappa shape index (κ2) is 8.15. The van der Waals surface area contributed by atoms with E-state index >= 15 is 0 Å². The zero-order valence-electron chi connectivity index (χ0n) is 16.6. The Labute approximate surface area is 170 Å². The van der Waals surface area contributed by atoms with Crippen LogP contribution in [0.1, 0.15) is 50.4 Å². The number of thioether (sulfide) groups is 1. The van der Waals surface area contributed by atoms with E-state index in [1.165, 1.54) is 0 Å². The monoisotopic (exact) mass is 404 g/mol. The van der Waals surface area contributed by atoms with Crippen molar-refractivity contribution in [3.05, 3.63) is 35.9 Å². The smallest absolute Gasteiger partial charge is 0.318 e. The molecule has 3 rings (SSSR count). The molecule has 2 N–H and O–H groups in total. The van der Waals surface area contributed by atoms with Crippen LogP contribution in [0.15, 0.2) is 30.3 Å². The van der Waals surface area contributed by atoms with E-state index in [0.29, 0.717) is 18.4 Å². The van der Waals surface area contributed by atoms with Gasteiger partial charge in [0.15, 0.2) is 5.78 Å². The van der Waals surface area contributed by atoms with Crippen molar-refractivity contribution in [3.63, 3.8) is 0 Å². The van der Waals surface area contributed by atoms with E-state index < -0.39 is 11.9 Å². The lowest BCUT2D eigenvalue weighted by Crippen LogP contribution is -2.48. The first-order valence-corrected chi connectivity index (χ1v) is 10.8. The van der Waals surface area contributed by atoms with Gasteiger partial charge in [-0.25, -0.2) is 4.79 Å². The Hall–Kier alpha value is -2.02. The Morgan fingerprint density at radius 1 is 1.29 bits per heavy atom. The van der Waals surface area contributed by atoms with Crippen molar-refractivity contribution in [1.29, 1.82) is 0 Å². The Morgan fingerprint density at radius 3 is 2.57 bits per heavy atom. The molecule has 0 aliphatic carbocycles. The zero-order chi connectivity index (χ0) is 20.5. The van der Waals surface area contributed by atoms with Crippen molar-refractivity contribution in [1.82, 2.24) is 10.2 Å². The van der Waals surface area contributed by atoms with Gasteiger partial charge in [-0.3, -0.25) is 9.59 Å². The summed E-state index contributed by atoms with van der Waals surface area (Å²) in [5.41, 5.74) is 0.212. The number of carbonyl (C=O) groups is 3. The number of carbonyl (C=O) groups excluding carboxylic acids is 2. The van der Waals surface area contributed by atoms with Crippen molar-refractivity contribution < 1.29 is 19.5 Å². The minimum absolute atomic E-state index is 0.0181. The van der Waals surface area contributed by atoms with Gasteiger partial charge in [-0.05, 0) is 33.6 Å². The molecule has 6 nitrogen and oxygen atoms in total. The molecule has 1 unspecified atom stereocenters. The van der Waals surface area contributed by atoms with Gasteiger partial charge in [-0.15, -0.1) is 0 Å². The highest BCUT2D eigenvalue weighted by Gasteiger charge is 2.51. The molecule has 1 aromatic carbocycles. The van der Waals surface area contributed by atoms with E-state index in [0.717, 1.165) is 12.2 Å². The average molecular weight is 405 g/mol. The minimum Gasteiger partial charge on any atom is -0.481 e. The van der Waals surface area contributed by atoms with E-state index in [2.05, 4.69) is 5.32 Å². The van der Waals surface area contributed by atoms with Crippen LogP contribution in [-0.4, -0.2) is 56.4 Å². The summed E-state index contributed by atoms with van der Waals surface area (Å²) in [4.78, 5) is 38.5. The number of amides is 2. The molecule has 152 valence electrons. The standard InChI is InChI=1S/C21H28N2O4S/c1-21(2,3)23-15-12-28-16(17(15)22-20(23)27)11-7-10-14(19(25)26)18(24)13-8-5-4-6-9-13/h4-6,8-9,14-17H,7,10-12H2,1-3H3,(H,22,27)(H,25,26)/t14?,15-,16-,17-/m0/s1. The van der Waals surface area contributed by atoms with E-state index in [4.69, 9.17) is 0 Å². The number of Topliss-reactive ketones (excluding diaryl/α,β-unsaturated/α-hetero) is 1. The Bertz CT molecular complexity index is 747. The van der Waals surface area contributed by atoms with E-state index in [-0.39, 0.29) is 34.7 Å². The molecule has 0 spiro atoms. The first kappa shape index (κ1) is 20.7. The number of hydrogen-bond donors (Lipinski definition) is 2. The van der Waals surface area contributed by atoms with E-state index in [1.54, 1.807) is 30.3 Å². The topological polar surface area (TPSA) is 86.7 Å². The van der Waals surface area contributed by atoms with Gasteiger partial charge < -0.3 is 15.3 Å². The van der Waals surface area contributed by atoms with Gasteiger partial charge in [0, 0.05) is 22.1 Å². The highest BCUT2D eigenvalue weighted by molar-refractivity contribution is 8.00. The van der Waals surface area contributed by atoms with Crippen LogP contribution in [0.25, 0.3) is 0 Å². The summed E-state index contributed by atoms with van der Waals surface area (Å²) in [5, 5.41) is 12.9. The quantitative estimate of drug-likeness (QED) is 0.413. The first-order chi connectivity index (χ1) is 13.2. The van der Waals surface area contributed by atoms with Crippen LogP contribution in [0.2, 0.25) is 0 Å². The maximum Gasteiger partial charge on any atom is 0.318 e. The van der Waals surface area contributed by atoms with Gasteiger partial charge in [0.2, 0.25) is 0 Å². The number of nitrogens with zero attached hydrogens (tertiary/aromatic N) is 1. The van der Waals surface area contributed by atoms with Crippen molar-refractivity contribution in [3.8, 4) is 0 Å². The number of fused-ring (bicyclic) bond motifs is 1. The van der Waals surface area contributed by atoms with Gasteiger partial charge in [-0.1, -0.05) is 36.8 Å². The normalized spacial score (nSPS) is 25.3. The molecule has 7 heteroatoms. The van der Waals surface area contributed by atoms with Crippen LogP contribution in [0.4, 0.5) is 4.79 Å². The fourth-order valence-electron chi connectivity index (χ4n) is 4.22. The number of nitrogens with one attached hydrogen (secondary N) is 1. The van der Waals surface area contributed by atoms with Crippen LogP contribution >= 0.6 is 11.8 Å². The molecule has 2 amide bonds. The lowest BCUT2D eigenvalue weighted by atomic mass is 9.91. The first-order valence-electron chi connectivity index (χ1n) is 9.73. The van der Waals surface area contributed by atoms with Crippen LogP contribution < -0.4 is 5.32 Å². The molecule has 2 aliphatic heterocycles. The lowest BCUT2D eigenvalue weighted by molar-refractivity contribution is -0.140. The van der Waals surface area contributed by atoms with Crippen molar-refractivity contribution >= 4 is 29.5 Å². The summed E-state index contributed by atoms with van der Waals surface area (Å²) < 4.78 is 0. The fraction of sp³-hybridized carbons (Fsp3) is 0.571. The lowest BCUT2D eigenvalue weighted by Gasteiger charge is -2.35. The molecule has 0 saturated carbocycles. The second-order valence-corrected chi connectivity index (χ2v) is 9.78. The third-order valence-electron chi connectivity index (χ3n) is 5.51. The summed E-state index contributed by atoms with van der Waals surface area (Å²) in [7, 11) is 0. The molecule has 2 saturated heterocycles. The molecule has 0 radical (unpaired) electrons. The molecule has 1 aromatic rings. The predicted octanol–water partition coefficient (Wildman–Crippen LogP) is 3.42. The van der Waals surface area contributed by atoms with E-state index in [9.17, 15) is 19.5 Å². The zero-order valence-corrected chi connectivity index (χ0v) is 17.4. The Morgan fingerprint density at radius 2 is 1.96 bits per heavy atom. The maximum atomic E-state index is 12.5. The van der Waals surface area contributed by atoms with E-state index in [1.807, 2.05) is 37.4 Å². The molecule has 2 heterocycles. The average Bonchev–Trinajstić information content (AvgIpc) is 3.16. The van der Waals surface area contributed by atoms with Crippen LogP contribution in [0.3, 0.4) is 0 Å². The number of rotatable bonds is 7. The van der Waals surface area contributed by atoms with Gasteiger partial charge in [0.1, 0.15) is 5.92 Å². The van der Waals surface area contributed by atoms with Crippen molar-refractivity contribution in [2.75, 3.05) is 5.75 Å². The van der Waals surface area contributed by atoms with Crippen LogP contribution in [0.5, 0.6) is 0 Å². The highest BCUT2D eigenvalue weighted by Crippen LogP contribution is 2.39. The number of benzene rings is 1. The number of aliphatic carboxylic acids is 1.